The third-order valence-corrected chi connectivity index (χ3v) is 5.63. The molecule has 0 fully saturated rings. The van der Waals surface area contributed by atoms with Crippen LogP contribution in [0.4, 0.5) is 5.69 Å². The first-order chi connectivity index (χ1) is 14.3. The van der Waals surface area contributed by atoms with Crippen molar-refractivity contribution >= 4 is 38.5 Å². The molecule has 1 atom stereocenters. The maximum absolute atomic E-state index is 13.4. The molecule has 0 saturated carbocycles. The number of nitro benzene ring substituents is 1. The summed E-state index contributed by atoms with van der Waals surface area (Å²) < 4.78 is 6.59. The third-order valence-electron chi connectivity index (χ3n) is 5.14. The summed E-state index contributed by atoms with van der Waals surface area (Å²) in [5.41, 5.74) is 0.882. The summed E-state index contributed by atoms with van der Waals surface area (Å²) in [5.74, 6) is -0.339. The lowest BCUT2D eigenvalue weighted by Gasteiger charge is -2.26. The van der Waals surface area contributed by atoms with Crippen LogP contribution in [0.1, 0.15) is 27.7 Å². The Labute approximate surface area is 180 Å². The van der Waals surface area contributed by atoms with E-state index in [9.17, 15) is 19.7 Å². The topological polar surface area (TPSA) is 96.9 Å². The highest BCUT2D eigenvalue weighted by atomic mass is 79.9. The average molecular weight is 472 g/mol. The van der Waals surface area contributed by atoms with Crippen LogP contribution < -0.4 is 5.43 Å². The highest BCUT2D eigenvalue weighted by Gasteiger charge is 2.42. The van der Waals surface area contributed by atoms with Gasteiger partial charge in [-0.05, 0) is 50.0 Å². The summed E-state index contributed by atoms with van der Waals surface area (Å²) in [6, 6.07) is 10.3. The molecule has 2 heterocycles. The first-order valence-corrected chi connectivity index (χ1v) is 10.0. The molecule has 0 radical (unpaired) electrons. The van der Waals surface area contributed by atoms with E-state index in [-0.39, 0.29) is 28.3 Å². The van der Waals surface area contributed by atoms with E-state index < -0.39 is 11.0 Å². The van der Waals surface area contributed by atoms with Crippen LogP contribution >= 0.6 is 15.9 Å². The molecule has 154 valence electrons. The standard InChI is InChI=1S/C21H18BrN3O5/c1-23(2)9-10-24-18(12-3-6-14(7-4-12)25(28)29)17-19(26)15-11-13(22)5-8-16(15)30-20(17)21(24)27/h3-8,11,18H,9-10H2,1-2H3. The van der Waals surface area contributed by atoms with Gasteiger partial charge in [0, 0.05) is 29.7 Å². The van der Waals surface area contributed by atoms with Crippen molar-refractivity contribution in [2.45, 2.75) is 6.04 Å². The first kappa shape index (κ1) is 20.2. The van der Waals surface area contributed by atoms with E-state index in [2.05, 4.69) is 15.9 Å². The summed E-state index contributed by atoms with van der Waals surface area (Å²) in [4.78, 5) is 40.6. The average Bonchev–Trinajstić information content (AvgIpc) is 2.99. The van der Waals surface area contributed by atoms with Crippen LogP contribution in [0.3, 0.4) is 0 Å². The molecule has 2 aromatic carbocycles. The summed E-state index contributed by atoms with van der Waals surface area (Å²) >= 11 is 3.37. The molecule has 0 bridgehead atoms. The van der Waals surface area contributed by atoms with Gasteiger partial charge >= 0.3 is 0 Å². The largest absolute Gasteiger partial charge is 0.450 e. The number of non-ortho nitro benzene ring substituents is 1. The first-order valence-electron chi connectivity index (χ1n) is 9.24. The van der Waals surface area contributed by atoms with Gasteiger partial charge in [0.15, 0.2) is 5.43 Å². The van der Waals surface area contributed by atoms with Crippen LogP contribution in [0.2, 0.25) is 0 Å². The Morgan fingerprint density at radius 3 is 2.50 bits per heavy atom. The number of benzene rings is 2. The molecule has 8 nitrogen and oxygen atoms in total. The summed E-state index contributed by atoms with van der Waals surface area (Å²) in [5, 5.41) is 11.4. The fourth-order valence-electron chi connectivity index (χ4n) is 3.66. The highest BCUT2D eigenvalue weighted by molar-refractivity contribution is 9.10. The van der Waals surface area contributed by atoms with E-state index in [1.54, 1.807) is 35.2 Å². The molecule has 9 heteroatoms. The van der Waals surface area contributed by atoms with Crippen LogP contribution in [-0.2, 0) is 0 Å². The van der Waals surface area contributed by atoms with E-state index in [1.807, 2.05) is 19.0 Å². The maximum Gasteiger partial charge on any atom is 0.290 e. The molecule has 0 saturated heterocycles. The molecule has 1 amide bonds. The maximum atomic E-state index is 13.4. The van der Waals surface area contributed by atoms with Crippen molar-refractivity contribution in [3.63, 3.8) is 0 Å². The summed E-state index contributed by atoms with van der Waals surface area (Å²) in [6.45, 7) is 0.958. The van der Waals surface area contributed by atoms with Gasteiger partial charge < -0.3 is 14.2 Å². The Bertz CT molecular complexity index is 1220. The van der Waals surface area contributed by atoms with Gasteiger partial charge in [0.2, 0.25) is 5.76 Å². The number of halogens is 1. The van der Waals surface area contributed by atoms with Gasteiger partial charge in [-0.15, -0.1) is 0 Å². The Hall–Kier alpha value is -3.04. The van der Waals surface area contributed by atoms with Crippen molar-refractivity contribution in [1.82, 2.24) is 9.80 Å². The quantitative estimate of drug-likeness (QED) is 0.416. The van der Waals surface area contributed by atoms with E-state index in [1.165, 1.54) is 12.1 Å². The number of nitro groups is 1. The van der Waals surface area contributed by atoms with Gasteiger partial charge in [-0.3, -0.25) is 19.7 Å². The zero-order valence-electron chi connectivity index (χ0n) is 16.3. The highest BCUT2D eigenvalue weighted by Crippen LogP contribution is 2.38. The molecule has 0 spiro atoms. The number of rotatable bonds is 5. The number of carbonyl (C=O) groups is 1. The van der Waals surface area contributed by atoms with Gasteiger partial charge in [-0.25, -0.2) is 0 Å². The Balaban J connectivity index is 1.92. The van der Waals surface area contributed by atoms with Crippen molar-refractivity contribution in [3.05, 3.63) is 84.2 Å². The van der Waals surface area contributed by atoms with E-state index in [0.29, 0.717) is 29.6 Å². The summed E-state index contributed by atoms with van der Waals surface area (Å²) in [6.07, 6.45) is 0. The number of amides is 1. The minimum atomic E-state index is -0.673. The van der Waals surface area contributed by atoms with E-state index in [0.717, 1.165) is 4.47 Å². The zero-order chi connectivity index (χ0) is 21.6. The predicted octanol–water partition coefficient (Wildman–Crippen LogP) is 3.57. The smallest absolute Gasteiger partial charge is 0.290 e. The van der Waals surface area contributed by atoms with Gasteiger partial charge in [0.25, 0.3) is 11.6 Å². The van der Waals surface area contributed by atoms with Gasteiger partial charge in [-0.1, -0.05) is 15.9 Å². The Kier molecular flexibility index (Phi) is 5.17. The number of nitrogens with zero attached hydrogens (tertiary/aromatic N) is 3. The van der Waals surface area contributed by atoms with Crippen LogP contribution in [0.15, 0.2) is 56.1 Å². The molecule has 0 aliphatic carbocycles. The molecule has 1 aromatic heterocycles. The van der Waals surface area contributed by atoms with Gasteiger partial charge in [0.05, 0.1) is 21.9 Å². The molecular formula is C21H18BrN3O5. The number of fused-ring (bicyclic) bond motifs is 2. The van der Waals surface area contributed by atoms with E-state index in [4.69, 9.17) is 4.42 Å². The van der Waals surface area contributed by atoms with Crippen molar-refractivity contribution in [1.29, 1.82) is 0 Å². The second-order valence-electron chi connectivity index (χ2n) is 7.37. The Morgan fingerprint density at radius 1 is 1.17 bits per heavy atom. The third kappa shape index (κ3) is 3.40. The van der Waals surface area contributed by atoms with Crippen LogP contribution in [-0.4, -0.2) is 47.8 Å². The number of hydrogen-bond acceptors (Lipinski definition) is 6. The van der Waals surface area contributed by atoms with Crippen molar-refractivity contribution < 1.29 is 14.1 Å². The Morgan fingerprint density at radius 2 is 1.87 bits per heavy atom. The summed E-state index contributed by atoms with van der Waals surface area (Å²) in [7, 11) is 3.79. The lowest BCUT2D eigenvalue weighted by molar-refractivity contribution is -0.384. The lowest BCUT2D eigenvalue weighted by atomic mass is 9.98. The molecule has 1 unspecified atom stereocenters. The van der Waals surface area contributed by atoms with Crippen LogP contribution in [0.25, 0.3) is 11.0 Å². The molecule has 1 aliphatic rings. The second-order valence-corrected chi connectivity index (χ2v) is 8.28. The fraction of sp³-hybridized carbons (Fsp3) is 0.238. The minimum Gasteiger partial charge on any atom is -0.450 e. The number of carbonyl (C=O) groups excluding carboxylic acids is 1. The minimum absolute atomic E-state index is 0.0249. The van der Waals surface area contributed by atoms with E-state index >= 15 is 0 Å². The molecule has 3 aromatic rings. The van der Waals surface area contributed by atoms with Crippen LogP contribution in [0, 0.1) is 10.1 Å². The number of hydrogen-bond donors (Lipinski definition) is 0. The van der Waals surface area contributed by atoms with Crippen molar-refractivity contribution in [3.8, 4) is 0 Å². The molecule has 30 heavy (non-hydrogen) atoms. The molecule has 1 aliphatic heterocycles. The SMILES string of the molecule is CN(C)CCN1C(=O)c2oc3ccc(Br)cc3c(=O)c2C1c1ccc([N+](=O)[O-])cc1. The van der Waals surface area contributed by atoms with Crippen LogP contribution in [0.5, 0.6) is 0 Å². The van der Waals surface area contributed by atoms with Crippen molar-refractivity contribution in [2.24, 2.45) is 0 Å². The molecule has 0 N–H and O–H groups in total. The number of likely N-dealkylation sites (N-methyl/N-ethyl adjacent to an activating group) is 1. The van der Waals surface area contributed by atoms with Gasteiger partial charge in [0.1, 0.15) is 5.58 Å². The fourth-order valence-corrected chi connectivity index (χ4v) is 4.02. The zero-order valence-corrected chi connectivity index (χ0v) is 17.9. The molecule has 4 rings (SSSR count). The second kappa shape index (κ2) is 7.66. The predicted molar refractivity (Wildman–Crippen MR) is 115 cm³/mol. The lowest BCUT2D eigenvalue weighted by Crippen LogP contribution is -2.35. The normalized spacial score (nSPS) is 15.8. The molecular weight excluding hydrogens is 454 g/mol. The van der Waals surface area contributed by atoms with Crippen molar-refractivity contribution in [2.75, 3.05) is 27.2 Å². The van der Waals surface area contributed by atoms with Gasteiger partial charge in [-0.2, -0.15) is 0 Å². The monoisotopic (exact) mass is 471 g/mol.